The average molecular weight is 375 g/mol. The molecular weight excluding hydrogens is 361 g/mol. The summed E-state index contributed by atoms with van der Waals surface area (Å²) in [6, 6.07) is 11.2. The van der Waals surface area contributed by atoms with Crippen LogP contribution < -0.4 is 10.5 Å². The lowest BCUT2D eigenvalue weighted by molar-refractivity contribution is 0.306. The van der Waals surface area contributed by atoms with Crippen molar-refractivity contribution in [2.24, 2.45) is 5.73 Å². The number of hydrogen-bond donors (Lipinski definition) is 1. The van der Waals surface area contributed by atoms with E-state index in [1.807, 2.05) is 43.3 Å². The lowest BCUT2D eigenvalue weighted by Crippen LogP contribution is -2.05. The highest BCUT2D eigenvalue weighted by atomic mass is 79.9. The van der Waals surface area contributed by atoms with E-state index in [1.54, 1.807) is 0 Å². The van der Waals surface area contributed by atoms with E-state index in [1.165, 1.54) is 0 Å². The van der Waals surface area contributed by atoms with E-state index in [0.29, 0.717) is 22.4 Å². The first kappa shape index (κ1) is 15.6. The minimum absolute atomic E-state index is 0.0533. The van der Waals surface area contributed by atoms with Crippen LogP contribution in [0.3, 0.4) is 0 Å². The molecule has 2 aromatic rings. The van der Waals surface area contributed by atoms with Crippen molar-refractivity contribution in [2.45, 2.75) is 19.6 Å². The van der Waals surface area contributed by atoms with Gasteiger partial charge < -0.3 is 10.5 Å². The highest BCUT2D eigenvalue weighted by molar-refractivity contribution is 9.10. The molecule has 0 heterocycles. The fourth-order valence-electron chi connectivity index (χ4n) is 1.71. The molecule has 0 aliphatic carbocycles. The van der Waals surface area contributed by atoms with Gasteiger partial charge in [-0.05, 0) is 36.8 Å². The quantitative estimate of drug-likeness (QED) is 0.782. The van der Waals surface area contributed by atoms with Crippen molar-refractivity contribution in [1.82, 2.24) is 0 Å². The molecule has 2 aromatic carbocycles. The Hall–Kier alpha value is -0.740. The first-order valence-electron chi connectivity index (χ1n) is 6.09. The van der Waals surface area contributed by atoms with E-state index in [4.69, 9.17) is 33.7 Å². The zero-order valence-electron chi connectivity index (χ0n) is 10.9. The first-order chi connectivity index (χ1) is 9.47. The van der Waals surface area contributed by atoms with Crippen molar-refractivity contribution >= 4 is 39.1 Å². The summed E-state index contributed by atoms with van der Waals surface area (Å²) in [4.78, 5) is 0. The van der Waals surface area contributed by atoms with Crippen LogP contribution in [0.1, 0.15) is 24.1 Å². The summed E-state index contributed by atoms with van der Waals surface area (Å²) in [6.07, 6.45) is 0. The van der Waals surface area contributed by atoms with Crippen LogP contribution in [0, 0.1) is 0 Å². The van der Waals surface area contributed by atoms with Gasteiger partial charge in [-0.3, -0.25) is 0 Å². The van der Waals surface area contributed by atoms with Gasteiger partial charge >= 0.3 is 0 Å². The van der Waals surface area contributed by atoms with Crippen LogP contribution >= 0.6 is 39.1 Å². The SMILES string of the molecule is CC(N)c1ccc(OCc2ccc(Br)cc2Cl)c(Cl)c1. The van der Waals surface area contributed by atoms with Gasteiger partial charge in [0.1, 0.15) is 12.4 Å². The molecule has 0 spiro atoms. The van der Waals surface area contributed by atoms with E-state index in [2.05, 4.69) is 15.9 Å². The van der Waals surface area contributed by atoms with Gasteiger partial charge in [-0.25, -0.2) is 0 Å². The van der Waals surface area contributed by atoms with Gasteiger partial charge in [0.25, 0.3) is 0 Å². The molecule has 0 aromatic heterocycles. The maximum absolute atomic E-state index is 6.18. The van der Waals surface area contributed by atoms with Crippen molar-refractivity contribution in [2.75, 3.05) is 0 Å². The molecule has 0 aliphatic rings. The van der Waals surface area contributed by atoms with Crippen molar-refractivity contribution in [1.29, 1.82) is 0 Å². The number of benzene rings is 2. The predicted octanol–water partition coefficient (Wildman–Crippen LogP) is 5.35. The largest absolute Gasteiger partial charge is 0.487 e. The summed E-state index contributed by atoms with van der Waals surface area (Å²) < 4.78 is 6.64. The zero-order chi connectivity index (χ0) is 14.7. The summed E-state index contributed by atoms with van der Waals surface area (Å²) in [7, 11) is 0. The lowest BCUT2D eigenvalue weighted by atomic mass is 10.1. The highest BCUT2D eigenvalue weighted by Crippen LogP contribution is 2.29. The molecule has 106 valence electrons. The molecule has 2 rings (SSSR count). The van der Waals surface area contributed by atoms with Crippen LogP contribution in [0.4, 0.5) is 0 Å². The smallest absolute Gasteiger partial charge is 0.138 e. The Labute approximate surface area is 137 Å². The second-order valence-corrected chi connectivity index (χ2v) is 6.23. The monoisotopic (exact) mass is 373 g/mol. The molecule has 0 fully saturated rings. The normalized spacial score (nSPS) is 12.2. The summed E-state index contributed by atoms with van der Waals surface area (Å²) >= 11 is 15.7. The molecule has 20 heavy (non-hydrogen) atoms. The maximum atomic E-state index is 6.18. The topological polar surface area (TPSA) is 35.2 Å². The number of halogens is 3. The summed E-state index contributed by atoms with van der Waals surface area (Å²) in [5.74, 6) is 0.620. The molecule has 0 bridgehead atoms. The van der Waals surface area contributed by atoms with Crippen LogP contribution in [0.15, 0.2) is 40.9 Å². The molecule has 0 radical (unpaired) electrons. The fourth-order valence-corrected chi connectivity index (χ4v) is 2.68. The van der Waals surface area contributed by atoms with E-state index >= 15 is 0 Å². The van der Waals surface area contributed by atoms with Crippen molar-refractivity contribution in [3.05, 3.63) is 62.0 Å². The lowest BCUT2D eigenvalue weighted by Gasteiger charge is -2.12. The molecule has 2 N–H and O–H groups in total. The van der Waals surface area contributed by atoms with E-state index in [9.17, 15) is 0 Å². The van der Waals surface area contributed by atoms with Gasteiger partial charge in [0.05, 0.1) is 5.02 Å². The van der Waals surface area contributed by atoms with E-state index < -0.39 is 0 Å². The second kappa shape index (κ2) is 6.81. The zero-order valence-corrected chi connectivity index (χ0v) is 14.0. The number of nitrogens with two attached hydrogens (primary N) is 1. The van der Waals surface area contributed by atoms with Crippen molar-refractivity contribution in [3.8, 4) is 5.75 Å². The van der Waals surface area contributed by atoms with Crippen LogP contribution in [-0.4, -0.2) is 0 Å². The molecular formula is C15H14BrCl2NO. The standard InChI is InChI=1S/C15H14BrCl2NO/c1-9(19)10-3-5-15(14(18)6-10)20-8-11-2-4-12(16)7-13(11)17/h2-7,9H,8,19H2,1H3. The van der Waals surface area contributed by atoms with Crippen LogP contribution in [0.5, 0.6) is 5.75 Å². The Morgan fingerprint density at radius 2 is 1.90 bits per heavy atom. The Balaban J connectivity index is 2.11. The van der Waals surface area contributed by atoms with Gasteiger partial charge in [-0.15, -0.1) is 0 Å². The molecule has 2 nitrogen and oxygen atoms in total. The Morgan fingerprint density at radius 3 is 2.50 bits per heavy atom. The Kier molecular flexibility index (Phi) is 5.33. The molecule has 5 heteroatoms. The van der Waals surface area contributed by atoms with Crippen molar-refractivity contribution < 1.29 is 4.74 Å². The summed E-state index contributed by atoms with van der Waals surface area (Å²) in [5.41, 5.74) is 7.69. The third kappa shape index (κ3) is 3.89. The van der Waals surface area contributed by atoms with Gasteiger partial charge in [0, 0.05) is 21.1 Å². The minimum Gasteiger partial charge on any atom is -0.487 e. The first-order valence-corrected chi connectivity index (χ1v) is 7.64. The van der Waals surface area contributed by atoms with Gasteiger partial charge in [0.2, 0.25) is 0 Å². The fraction of sp³-hybridized carbons (Fsp3) is 0.200. The number of hydrogen-bond acceptors (Lipinski definition) is 2. The third-order valence-electron chi connectivity index (χ3n) is 2.88. The summed E-state index contributed by atoms with van der Waals surface area (Å²) in [5, 5.41) is 1.20. The third-order valence-corrected chi connectivity index (χ3v) is 4.02. The molecule has 1 atom stereocenters. The van der Waals surface area contributed by atoms with E-state index in [-0.39, 0.29) is 6.04 Å². The number of rotatable bonds is 4. The highest BCUT2D eigenvalue weighted by Gasteiger charge is 2.07. The van der Waals surface area contributed by atoms with Crippen LogP contribution in [-0.2, 0) is 6.61 Å². The van der Waals surface area contributed by atoms with Crippen molar-refractivity contribution in [3.63, 3.8) is 0 Å². The molecule has 0 saturated heterocycles. The molecule has 0 aliphatic heterocycles. The number of ether oxygens (including phenoxy) is 1. The van der Waals surface area contributed by atoms with Gasteiger partial charge in [-0.2, -0.15) is 0 Å². The molecule has 0 amide bonds. The molecule has 1 unspecified atom stereocenters. The Morgan fingerprint density at radius 1 is 1.15 bits per heavy atom. The van der Waals surface area contributed by atoms with Gasteiger partial charge in [-0.1, -0.05) is 51.3 Å². The average Bonchev–Trinajstić information content (AvgIpc) is 2.38. The maximum Gasteiger partial charge on any atom is 0.138 e. The van der Waals surface area contributed by atoms with Crippen LogP contribution in [0.2, 0.25) is 10.0 Å². The predicted molar refractivity (Wildman–Crippen MR) is 87.5 cm³/mol. The Bertz CT molecular complexity index is 617. The summed E-state index contributed by atoms with van der Waals surface area (Å²) in [6.45, 7) is 2.27. The molecule has 0 saturated carbocycles. The van der Waals surface area contributed by atoms with Gasteiger partial charge in [0.15, 0.2) is 0 Å². The van der Waals surface area contributed by atoms with Crippen LogP contribution in [0.25, 0.3) is 0 Å². The second-order valence-electron chi connectivity index (χ2n) is 4.50. The minimum atomic E-state index is -0.0533. The van der Waals surface area contributed by atoms with E-state index in [0.717, 1.165) is 15.6 Å².